The van der Waals surface area contributed by atoms with Gasteiger partial charge in [0.05, 0.1) is 0 Å². The van der Waals surface area contributed by atoms with Crippen LogP contribution in [0.1, 0.15) is 24.1 Å². The smallest absolute Gasteiger partial charge is 0.321 e. The van der Waals surface area contributed by atoms with Gasteiger partial charge in [0.1, 0.15) is 6.04 Å². The Morgan fingerprint density at radius 2 is 2.33 bits per heavy atom. The third-order valence-electron chi connectivity index (χ3n) is 3.12. The van der Waals surface area contributed by atoms with Crippen LogP contribution in [0.25, 0.3) is 0 Å². The molecule has 0 radical (unpaired) electrons. The zero-order chi connectivity index (χ0) is 11.1. The van der Waals surface area contributed by atoms with Crippen molar-refractivity contribution in [3.8, 4) is 0 Å². The van der Waals surface area contributed by atoms with E-state index in [-0.39, 0.29) is 5.41 Å². The highest BCUT2D eigenvalue weighted by molar-refractivity contribution is 5.76. The first-order valence-corrected chi connectivity index (χ1v) is 4.98. The molecule has 2 rings (SSSR count). The Morgan fingerprint density at radius 1 is 1.67 bits per heavy atom. The normalized spacial score (nSPS) is 19.6. The number of carboxylic acids is 1. The van der Waals surface area contributed by atoms with E-state index in [1.807, 2.05) is 19.1 Å². The number of nitrogens with two attached hydrogens (primary N) is 1. The summed E-state index contributed by atoms with van der Waals surface area (Å²) in [7, 11) is 0. The van der Waals surface area contributed by atoms with Gasteiger partial charge in [-0.05, 0) is 37.5 Å². The first-order valence-electron chi connectivity index (χ1n) is 4.98. The van der Waals surface area contributed by atoms with Crippen LogP contribution in [0.3, 0.4) is 0 Å². The molecule has 1 aromatic rings. The summed E-state index contributed by atoms with van der Waals surface area (Å²) in [6.07, 6.45) is 3.41. The predicted octanol–water partition coefficient (Wildman–Crippen LogP) is 0.834. The quantitative estimate of drug-likeness (QED) is 0.768. The second-order valence-corrected chi connectivity index (χ2v) is 4.16. The van der Waals surface area contributed by atoms with Crippen LogP contribution in [-0.2, 0) is 10.2 Å². The number of carbonyl (C=O) groups is 1. The van der Waals surface area contributed by atoms with Gasteiger partial charge in [-0.2, -0.15) is 0 Å². The summed E-state index contributed by atoms with van der Waals surface area (Å²) in [4.78, 5) is 15.0. The molecule has 4 heteroatoms. The largest absolute Gasteiger partial charge is 0.480 e. The van der Waals surface area contributed by atoms with Crippen LogP contribution in [0.2, 0.25) is 0 Å². The van der Waals surface area contributed by atoms with Crippen molar-refractivity contribution in [1.29, 1.82) is 0 Å². The zero-order valence-corrected chi connectivity index (χ0v) is 8.60. The summed E-state index contributed by atoms with van der Waals surface area (Å²) in [5.41, 5.74) is 7.28. The van der Waals surface area contributed by atoms with Crippen LogP contribution in [0.4, 0.5) is 0 Å². The molecule has 1 aliphatic rings. The van der Waals surface area contributed by atoms with Crippen molar-refractivity contribution < 1.29 is 9.90 Å². The van der Waals surface area contributed by atoms with Gasteiger partial charge in [0, 0.05) is 17.3 Å². The molecule has 0 bridgehead atoms. The molecule has 0 amide bonds. The Kier molecular flexibility index (Phi) is 2.23. The third-order valence-corrected chi connectivity index (χ3v) is 3.12. The molecule has 1 aromatic heterocycles. The van der Waals surface area contributed by atoms with Crippen molar-refractivity contribution in [2.45, 2.75) is 31.2 Å². The zero-order valence-electron chi connectivity index (χ0n) is 8.60. The highest BCUT2D eigenvalue weighted by atomic mass is 16.4. The molecule has 15 heavy (non-hydrogen) atoms. The molecule has 80 valence electrons. The number of carboxylic acid groups (broad SMARTS) is 1. The molecule has 1 atom stereocenters. The van der Waals surface area contributed by atoms with Crippen LogP contribution in [0, 0.1) is 6.92 Å². The van der Waals surface area contributed by atoms with Crippen LogP contribution in [0.5, 0.6) is 0 Å². The van der Waals surface area contributed by atoms with Gasteiger partial charge in [0.25, 0.3) is 0 Å². The van der Waals surface area contributed by atoms with Gasteiger partial charge in [-0.1, -0.05) is 0 Å². The number of hydrogen-bond acceptors (Lipinski definition) is 3. The number of aromatic nitrogens is 1. The van der Waals surface area contributed by atoms with Gasteiger partial charge < -0.3 is 10.8 Å². The van der Waals surface area contributed by atoms with Crippen molar-refractivity contribution in [2.75, 3.05) is 0 Å². The first-order chi connectivity index (χ1) is 7.06. The average Bonchev–Trinajstić information content (AvgIpc) is 2.97. The highest BCUT2D eigenvalue weighted by Gasteiger charge is 2.52. The lowest BCUT2D eigenvalue weighted by Gasteiger charge is -2.20. The van der Waals surface area contributed by atoms with Crippen LogP contribution >= 0.6 is 0 Å². The second-order valence-electron chi connectivity index (χ2n) is 4.16. The SMILES string of the molecule is Cc1cc(C2(C(N)C(=O)O)CC2)ccn1. The maximum atomic E-state index is 10.9. The fraction of sp³-hybridized carbons (Fsp3) is 0.455. The molecular formula is C11H14N2O2. The van der Waals surface area contributed by atoms with E-state index < -0.39 is 12.0 Å². The van der Waals surface area contributed by atoms with E-state index >= 15 is 0 Å². The fourth-order valence-electron chi connectivity index (χ4n) is 2.01. The van der Waals surface area contributed by atoms with Crippen molar-refractivity contribution in [3.63, 3.8) is 0 Å². The molecule has 0 spiro atoms. The number of pyridine rings is 1. The van der Waals surface area contributed by atoms with Gasteiger partial charge in [-0.15, -0.1) is 0 Å². The number of aliphatic carboxylic acids is 1. The Bertz CT molecular complexity index is 399. The second kappa shape index (κ2) is 3.31. The molecule has 1 heterocycles. The van der Waals surface area contributed by atoms with E-state index in [0.29, 0.717) is 0 Å². The summed E-state index contributed by atoms with van der Waals surface area (Å²) in [5, 5.41) is 8.95. The van der Waals surface area contributed by atoms with E-state index in [2.05, 4.69) is 4.98 Å². The van der Waals surface area contributed by atoms with Gasteiger partial charge >= 0.3 is 5.97 Å². The minimum atomic E-state index is -0.929. The van der Waals surface area contributed by atoms with E-state index in [1.165, 1.54) is 0 Å². The number of aryl methyl sites for hydroxylation is 1. The lowest BCUT2D eigenvalue weighted by atomic mass is 9.89. The van der Waals surface area contributed by atoms with Crippen molar-refractivity contribution >= 4 is 5.97 Å². The Morgan fingerprint density at radius 3 is 2.80 bits per heavy atom. The van der Waals surface area contributed by atoms with Gasteiger partial charge in [-0.3, -0.25) is 9.78 Å². The van der Waals surface area contributed by atoms with E-state index in [4.69, 9.17) is 10.8 Å². The third kappa shape index (κ3) is 1.61. The molecule has 3 N–H and O–H groups in total. The van der Waals surface area contributed by atoms with Crippen LogP contribution < -0.4 is 5.73 Å². The molecular weight excluding hydrogens is 192 g/mol. The maximum Gasteiger partial charge on any atom is 0.321 e. The summed E-state index contributed by atoms with van der Waals surface area (Å²) in [5.74, 6) is -0.929. The highest BCUT2D eigenvalue weighted by Crippen LogP contribution is 2.50. The number of nitrogens with zero attached hydrogens (tertiary/aromatic N) is 1. The lowest BCUT2D eigenvalue weighted by molar-refractivity contribution is -0.139. The number of hydrogen-bond donors (Lipinski definition) is 2. The molecule has 0 saturated heterocycles. The molecule has 1 unspecified atom stereocenters. The number of rotatable bonds is 3. The molecule has 0 aromatic carbocycles. The van der Waals surface area contributed by atoms with E-state index in [1.54, 1.807) is 6.20 Å². The van der Waals surface area contributed by atoms with Crippen molar-refractivity contribution in [2.24, 2.45) is 5.73 Å². The standard InChI is InChI=1S/C11H14N2O2/c1-7-6-8(2-5-13-7)11(3-4-11)9(12)10(14)15/h2,5-6,9H,3-4,12H2,1H3,(H,14,15). The minimum absolute atomic E-state index is 0.348. The fourth-order valence-corrected chi connectivity index (χ4v) is 2.01. The van der Waals surface area contributed by atoms with E-state index in [9.17, 15) is 4.79 Å². The van der Waals surface area contributed by atoms with Gasteiger partial charge in [0.2, 0.25) is 0 Å². The predicted molar refractivity (Wildman–Crippen MR) is 55.5 cm³/mol. The van der Waals surface area contributed by atoms with Crippen molar-refractivity contribution in [3.05, 3.63) is 29.6 Å². The molecule has 1 aliphatic carbocycles. The summed E-state index contributed by atoms with van der Waals surface area (Å²) in [6, 6.07) is 2.98. The molecule has 1 fully saturated rings. The summed E-state index contributed by atoms with van der Waals surface area (Å²) in [6.45, 7) is 1.89. The topological polar surface area (TPSA) is 76.2 Å². The maximum absolute atomic E-state index is 10.9. The van der Waals surface area contributed by atoms with Crippen LogP contribution in [0.15, 0.2) is 18.3 Å². The molecule has 0 aliphatic heterocycles. The van der Waals surface area contributed by atoms with Gasteiger partial charge in [-0.25, -0.2) is 0 Å². The summed E-state index contributed by atoms with van der Waals surface area (Å²) < 4.78 is 0. The molecule has 1 saturated carbocycles. The Labute approximate surface area is 88.1 Å². The monoisotopic (exact) mass is 206 g/mol. The van der Waals surface area contributed by atoms with Crippen molar-refractivity contribution in [1.82, 2.24) is 4.98 Å². The first kappa shape index (κ1) is 10.1. The summed E-state index contributed by atoms with van der Waals surface area (Å²) >= 11 is 0. The average molecular weight is 206 g/mol. The Balaban J connectivity index is 2.34. The van der Waals surface area contributed by atoms with Gasteiger partial charge in [0.15, 0.2) is 0 Å². The van der Waals surface area contributed by atoms with Crippen LogP contribution in [-0.4, -0.2) is 22.1 Å². The Hall–Kier alpha value is -1.42. The lowest BCUT2D eigenvalue weighted by Crippen LogP contribution is -2.42. The molecule has 4 nitrogen and oxygen atoms in total. The minimum Gasteiger partial charge on any atom is -0.480 e. The van der Waals surface area contributed by atoms with E-state index in [0.717, 1.165) is 24.1 Å².